The summed E-state index contributed by atoms with van der Waals surface area (Å²) in [5.74, 6) is -0.0163. The molecule has 2 amide bonds. The lowest BCUT2D eigenvalue weighted by atomic mass is 10.0. The standard InChI is InChI=1S/C23H35N3O4S/c1-6-24(7-2)31(29,30)21-12-10-19(11-13-21)25-15-18(14-22(25)27)23(28)26(20-8-9-20)17(5)16(3)4/h10-13,16-18,20H,6-9,14-15H2,1-5H3. The average molecular weight is 450 g/mol. The predicted molar refractivity (Wildman–Crippen MR) is 121 cm³/mol. The van der Waals surface area contributed by atoms with Crippen molar-refractivity contribution in [2.75, 3.05) is 24.5 Å². The summed E-state index contributed by atoms with van der Waals surface area (Å²) in [5.41, 5.74) is 0.633. The number of carbonyl (C=O) groups is 2. The summed E-state index contributed by atoms with van der Waals surface area (Å²) in [6.07, 6.45) is 2.28. The van der Waals surface area contributed by atoms with Gasteiger partial charge in [0.1, 0.15) is 0 Å². The number of nitrogens with zero attached hydrogens (tertiary/aromatic N) is 3. The van der Waals surface area contributed by atoms with Gasteiger partial charge in [0.05, 0.1) is 10.8 Å². The van der Waals surface area contributed by atoms with Crippen molar-refractivity contribution in [2.24, 2.45) is 11.8 Å². The van der Waals surface area contributed by atoms with E-state index in [1.54, 1.807) is 43.0 Å². The maximum Gasteiger partial charge on any atom is 0.243 e. The molecule has 1 saturated heterocycles. The van der Waals surface area contributed by atoms with Crippen LogP contribution in [0.5, 0.6) is 0 Å². The maximum atomic E-state index is 13.3. The van der Waals surface area contributed by atoms with Gasteiger partial charge < -0.3 is 9.80 Å². The fourth-order valence-corrected chi connectivity index (χ4v) is 5.69. The second-order valence-corrected chi connectivity index (χ2v) is 10.9. The molecule has 2 unspecified atom stereocenters. The molecular formula is C23H35N3O4S. The normalized spacial score (nSPS) is 20.5. The Morgan fingerprint density at radius 2 is 1.68 bits per heavy atom. The van der Waals surface area contributed by atoms with Crippen LogP contribution in [0.15, 0.2) is 29.2 Å². The van der Waals surface area contributed by atoms with Crippen molar-refractivity contribution in [3.63, 3.8) is 0 Å². The molecule has 0 aromatic heterocycles. The van der Waals surface area contributed by atoms with Gasteiger partial charge in [0.25, 0.3) is 0 Å². The van der Waals surface area contributed by atoms with E-state index >= 15 is 0 Å². The third-order valence-corrected chi connectivity index (χ3v) is 8.63. The lowest BCUT2D eigenvalue weighted by molar-refractivity contribution is -0.139. The highest BCUT2D eigenvalue weighted by Gasteiger charge is 2.43. The van der Waals surface area contributed by atoms with Gasteiger partial charge >= 0.3 is 0 Å². The molecule has 7 nitrogen and oxygen atoms in total. The van der Waals surface area contributed by atoms with Gasteiger partial charge in [0.15, 0.2) is 0 Å². The summed E-state index contributed by atoms with van der Waals surface area (Å²) in [7, 11) is -3.54. The van der Waals surface area contributed by atoms with Crippen molar-refractivity contribution in [1.29, 1.82) is 0 Å². The summed E-state index contributed by atoms with van der Waals surface area (Å²) in [5, 5.41) is 0. The molecule has 2 aliphatic rings. The fraction of sp³-hybridized carbons (Fsp3) is 0.652. The molecular weight excluding hydrogens is 414 g/mol. The molecule has 0 radical (unpaired) electrons. The molecule has 1 aliphatic carbocycles. The van der Waals surface area contributed by atoms with Gasteiger partial charge in [0, 0.05) is 43.8 Å². The van der Waals surface area contributed by atoms with E-state index in [0.29, 0.717) is 37.3 Å². The van der Waals surface area contributed by atoms with Crippen LogP contribution in [0.3, 0.4) is 0 Å². The SMILES string of the molecule is CCN(CC)S(=O)(=O)c1ccc(N2CC(C(=O)N(C3CC3)C(C)C(C)C)CC2=O)cc1. The van der Waals surface area contributed by atoms with Crippen LogP contribution < -0.4 is 4.90 Å². The molecule has 0 spiro atoms. The molecule has 1 heterocycles. The van der Waals surface area contributed by atoms with E-state index in [2.05, 4.69) is 20.8 Å². The Hall–Kier alpha value is -1.93. The first-order chi connectivity index (χ1) is 14.6. The number of benzene rings is 1. The Labute approximate surface area is 186 Å². The lowest BCUT2D eigenvalue weighted by Crippen LogP contribution is -2.46. The first-order valence-electron chi connectivity index (χ1n) is 11.3. The molecule has 0 N–H and O–H groups in total. The Morgan fingerprint density at radius 1 is 1.10 bits per heavy atom. The minimum Gasteiger partial charge on any atom is -0.336 e. The van der Waals surface area contributed by atoms with Crippen LogP contribution in [0, 0.1) is 11.8 Å². The molecule has 172 valence electrons. The van der Waals surface area contributed by atoms with Gasteiger partial charge in [0.2, 0.25) is 21.8 Å². The number of carbonyl (C=O) groups excluding carboxylic acids is 2. The van der Waals surface area contributed by atoms with E-state index < -0.39 is 10.0 Å². The fourth-order valence-electron chi connectivity index (χ4n) is 4.23. The van der Waals surface area contributed by atoms with E-state index in [4.69, 9.17) is 0 Å². The number of hydrogen-bond donors (Lipinski definition) is 0. The second kappa shape index (κ2) is 9.28. The third kappa shape index (κ3) is 4.80. The van der Waals surface area contributed by atoms with Crippen molar-refractivity contribution >= 4 is 27.5 Å². The minimum atomic E-state index is -3.54. The zero-order chi connectivity index (χ0) is 22.9. The Kier molecular flexibility index (Phi) is 7.11. The molecule has 2 atom stereocenters. The van der Waals surface area contributed by atoms with Gasteiger partial charge in [-0.3, -0.25) is 9.59 Å². The Bertz CT molecular complexity index is 905. The van der Waals surface area contributed by atoms with Crippen molar-refractivity contribution < 1.29 is 18.0 Å². The van der Waals surface area contributed by atoms with Crippen LogP contribution >= 0.6 is 0 Å². The highest BCUT2D eigenvalue weighted by molar-refractivity contribution is 7.89. The molecule has 1 saturated carbocycles. The number of rotatable bonds is 9. The summed E-state index contributed by atoms with van der Waals surface area (Å²) in [4.78, 5) is 29.8. The Balaban J connectivity index is 1.75. The molecule has 31 heavy (non-hydrogen) atoms. The molecule has 2 fully saturated rings. The van der Waals surface area contributed by atoms with Gasteiger partial charge in [-0.05, 0) is 49.9 Å². The quantitative estimate of drug-likeness (QED) is 0.580. The summed E-state index contributed by atoms with van der Waals surface area (Å²) in [6.45, 7) is 11.1. The van der Waals surface area contributed by atoms with Gasteiger partial charge in [-0.2, -0.15) is 4.31 Å². The largest absolute Gasteiger partial charge is 0.336 e. The lowest BCUT2D eigenvalue weighted by Gasteiger charge is -2.34. The van der Waals surface area contributed by atoms with Crippen LogP contribution in [0.25, 0.3) is 0 Å². The van der Waals surface area contributed by atoms with Gasteiger partial charge in [-0.1, -0.05) is 27.7 Å². The van der Waals surface area contributed by atoms with E-state index in [-0.39, 0.29) is 35.1 Å². The molecule has 0 bridgehead atoms. The zero-order valence-corrected chi connectivity index (χ0v) is 20.1. The number of sulfonamides is 1. The monoisotopic (exact) mass is 449 g/mol. The number of hydrogen-bond acceptors (Lipinski definition) is 4. The van der Waals surface area contributed by atoms with Crippen LogP contribution in [0.4, 0.5) is 5.69 Å². The molecule has 1 aromatic carbocycles. The summed E-state index contributed by atoms with van der Waals surface area (Å²) >= 11 is 0. The zero-order valence-electron chi connectivity index (χ0n) is 19.2. The number of amides is 2. The van der Waals surface area contributed by atoms with Crippen molar-refractivity contribution in [3.8, 4) is 0 Å². The third-order valence-electron chi connectivity index (χ3n) is 6.56. The van der Waals surface area contributed by atoms with E-state index in [1.807, 2.05) is 4.90 Å². The van der Waals surface area contributed by atoms with E-state index in [9.17, 15) is 18.0 Å². The van der Waals surface area contributed by atoms with Gasteiger partial charge in [-0.15, -0.1) is 0 Å². The van der Waals surface area contributed by atoms with Crippen molar-refractivity contribution in [2.45, 2.75) is 70.9 Å². The predicted octanol–water partition coefficient (Wildman–Crippen LogP) is 3.11. The summed E-state index contributed by atoms with van der Waals surface area (Å²) in [6, 6.07) is 6.87. The topological polar surface area (TPSA) is 78.0 Å². The maximum absolute atomic E-state index is 13.3. The minimum absolute atomic E-state index is 0.0697. The van der Waals surface area contributed by atoms with Crippen LogP contribution in [-0.2, 0) is 19.6 Å². The first-order valence-corrected chi connectivity index (χ1v) is 12.8. The van der Waals surface area contributed by atoms with Crippen molar-refractivity contribution in [1.82, 2.24) is 9.21 Å². The highest BCUT2D eigenvalue weighted by Crippen LogP contribution is 2.35. The van der Waals surface area contributed by atoms with E-state index in [0.717, 1.165) is 12.8 Å². The molecule has 1 aromatic rings. The molecule has 1 aliphatic heterocycles. The Morgan fingerprint density at radius 3 is 2.16 bits per heavy atom. The second-order valence-electron chi connectivity index (χ2n) is 8.95. The highest BCUT2D eigenvalue weighted by atomic mass is 32.2. The van der Waals surface area contributed by atoms with Crippen LogP contribution in [-0.4, -0.2) is 61.2 Å². The number of anilines is 1. The summed E-state index contributed by atoms with van der Waals surface area (Å²) < 4.78 is 26.8. The van der Waals surface area contributed by atoms with Gasteiger partial charge in [-0.25, -0.2) is 8.42 Å². The first kappa shape index (κ1) is 23.7. The average Bonchev–Trinajstić information content (AvgIpc) is 3.49. The molecule has 3 rings (SSSR count). The van der Waals surface area contributed by atoms with Crippen LogP contribution in [0.2, 0.25) is 0 Å². The van der Waals surface area contributed by atoms with E-state index in [1.165, 1.54) is 4.31 Å². The smallest absolute Gasteiger partial charge is 0.243 e. The van der Waals surface area contributed by atoms with Crippen molar-refractivity contribution in [3.05, 3.63) is 24.3 Å². The molecule has 8 heteroatoms. The van der Waals surface area contributed by atoms with Crippen LogP contribution in [0.1, 0.15) is 53.9 Å².